The summed E-state index contributed by atoms with van der Waals surface area (Å²) in [7, 11) is 0. The van der Waals surface area contributed by atoms with Crippen LogP contribution in [0.3, 0.4) is 0 Å². The van der Waals surface area contributed by atoms with Crippen LogP contribution in [0.5, 0.6) is 0 Å². The van der Waals surface area contributed by atoms with Crippen molar-refractivity contribution in [2.45, 2.75) is 13.5 Å². The Hall–Kier alpha value is -3.66. The molecule has 3 aromatic carbocycles. The van der Waals surface area contributed by atoms with Gasteiger partial charge in [0.25, 0.3) is 0 Å². The average molecular weight is 455 g/mol. The Morgan fingerprint density at radius 2 is 1.74 bits per heavy atom. The summed E-state index contributed by atoms with van der Waals surface area (Å²) in [5, 5.41) is 12.4. The van der Waals surface area contributed by atoms with Crippen molar-refractivity contribution in [3.8, 4) is 17.2 Å². The molecule has 34 heavy (non-hydrogen) atoms. The highest BCUT2D eigenvalue weighted by atomic mass is 16.5. The summed E-state index contributed by atoms with van der Waals surface area (Å²) < 4.78 is 5.41. The number of nitrogens with zero attached hydrogens (tertiary/aromatic N) is 3. The maximum Gasteiger partial charge on any atom is 0.238 e. The van der Waals surface area contributed by atoms with Gasteiger partial charge >= 0.3 is 0 Å². The topological polar surface area (TPSA) is 68.6 Å². The van der Waals surface area contributed by atoms with Crippen LogP contribution in [0.25, 0.3) is 11.1 Å². The van der Waals surface area contributed by atoms with Crippen LogP contribution in [-0.2, 0) is 16.1 Å². The monoisotopic (exact) mass is 454 g/mol. The maximum absolute atomic E-state index is 12.7. The highest BCUT2D eigenvalue weighted by Gasteiger charge is 2.13. The van der Waals surface area contributed by atoms with E-state index in [1.165, 1.54) is 0 Å². The molecule has 0 aromatic heterocycles. The average Bonchev–Trinajstić information content (AvgIpc) is 2.89. The summed E-state index contributed by atoms with van der Waals surface area (Å²) in [6, 6.07) is 26.1. The molecule has 6 nitrogen and oxygen atoms in total. The smallest absolute Gasteiger partial charge is 0.238 e. The fraction of sp³-hybridized carbons (Fsp3) is 0.286. The van der Waals surface area contributed by atoms with Crippen molar-refractivity contribution in [3.05, 3.63) is 83.9 Å². The number of hydrogen-bond acceptors (Lipinski definition) is 5. The summed E-state index contributed by atoms with van der Waals surface area (Å²) >= 11 is 0. The van der Waals surface area contributed by atoms with Crippen molar-refractivity contribution in [1.29, 1.82) is 5.26 Å². The van der Waals surface area contributed by atoms with Crippen LogP contribution >= 0.6 is 0 Å². The molecule has 6 heteroatoms. The lowest BCUT2D eigenvalue weighted by Gasteiger charge is -2.29. The maximum atomic E-state index is 12.7. The van der Waals surface area contributed by atoms with Gasteiger partial charge in [-0.25, -0.2) is 0 Å². The Morgan fingerprint density at radius 3 is 2.41 bits per heavy atom. The van der Waals surface area contributed by atoms with Crippen molar-refractivity contribution < 1.29 is 9.53 Å². The number of rotatable bonds is 8. The van der Waals surface area contributed by atoms with Gasteiger partial charge in [-0.15, -0.1) is 0 Å². The molecule has 1 N–H and O–H groups in total. The molecule has 0 spiro atoms. The Kier molecular flexibility index (Phi) is 7.92. The van der Waals surface area contributed by atoms with Gasteiger partial charge in [0.1, 0.15) is 0 Å². The fourth-order valence-electron chi connectivity index (χ4n) is 4.14. The van der Waals surface area contributed by atoms with Gasteiger partial charge in [0.2, 0.25) is 5.91 Å². The Balaban J connectivity index is 1.32. The molecule has 1 heterocycles. The second-order valence-corrected chi connectivity index (χ2v) is 8.35. The number of ether oxygens (including phenoxy) is 1. The molecule has 0 aliphatic carbocycles. The first kappa shape index (κ1) is 23.5. The molecular formula is C28H30N4O2. The normalized spacial score (nSPS) is 13.5. The predicted octanol–water partition coefficient (Wildman–Crippen LogP) is 4.52. The number of carbonyl (C=O) groups excluding carboxylic acids is 1. The number of carbonyl (C=O) groups is 1. The SMILES string of the molecule is CCN(CC(=O)Nc1ccc(N2CCOCC2)cc1)Cc1ccc(-c2ccccc2C#N)cc1. The minimum absolute atomic E-state index is 0.0273. The molecule has 1 aliphatic rings. The lowest BCUT2D eigenvalue weighted by molar-refractivity contribution is -0.117. The summed E-state index contributed by atoms with van der Waals surface area (Å²) in [5.41, 5.74) is 5.70. The predicted molar refractivity (Wildman–Crippen MR) is 136 cm³/mol. The van der Waals surface area contributed by atoms with Crippen LogP contribution in [0.1, 0.15) is 18.1 Å². The number of morpholine rings is 1. The van der Waals surface area contributed by atoms with Gasteiger partial charge in [0.15, 0.2) is 0 Å². The zero-order valence-corrected chi connectivity index (χ0v) is 19.5. The number of anilines is 2. The molecule has 0 bridgehead atoms. The number of hydrogen-bond donors (Lipinski definition) is 1. The number of amides is 1. The number of likely N-dealkylation sites (N-methyl/N-ethyl adjacent to an activating group) is 1. The van der Waals surface area contributed by atoms with E-state index in [4.69, 9.17) is 4.74 Å². The molecule has 1 amide bonds. The van der Waals surface area contributed by atoms with Crippen LogP contribution in [-0.4, -0.2) is 50.2 Å². The summed E-state index contributed by atoms with van der Waals surface area (Å²) in [6.07, 6.45) is 0. The molecule has 1 aliphatic heterocycles. The summed E-state index contributed by atoms with van der Waals surface area (Å²) in [6.45, 7) is 7.11. The van der Waals surface area contributed by atoms with Gasteiger partial charge in [0.05, 0.1) is 31.4 Å². The first-order chi connectivity index (χ1) is 16.7. The van der Waals surface area contributed by atoms with Crippen molar-refractivity contribution >= 4 is 17.3 Å². The Morgan fingerprint density at radius 1 is 1.03 bits per heavy atom. The number of benzene rings is 3. The molecule has 3 aromatic rings. The van der Waals surface area contributed by atoms with E-state index < -0.39 is 0 Å². The van der Waals surface area contributed by atoms with Gasteiger partial charge in [-0.3, -0.25) is 9.69 Å². The summed E-state index contributed by atoms with van der Waals surface area (Å²) in [5.74, 6) is -0.0273. The van der Waals surface area contributed by atoms with Crippen LogP contribution in [0.2, 0.25) is 0 Å². The highest BCUT2D eigenvalue weighted by molar-refractivity contribution is 5.92. The van der Waals surface area contributed by atoms with Crippen molar-refractivity contribution in [1.82, 2.24) is 4.90 Å². The molecule has 174 valence electrons. The lowest BCUT2D eigenvalue weighted by Crippen LogP contribution is -2.36. The van der Waals surface area contributed by atoms with Crippen molar-refractivity contribution in [2.75, 3.05) is 49.6 Å². The Labute approximate surface area is 201 Å². The second-order valence-electron chi connectivity index (χ2n) is 8.35. The molecule has 0 radical (unpaired) electrons. The van der Waals surface area contributed by atoms with Gasteiger partial charge in [-0.1, -0.05) is 49.4 Å². The zero-order chi connectivity index (χ0) is 23.8. The van der Waals surface area contributed by atoms with Gasteiger partial charge < -0.3 is 15.0 Å². The standard InChI is InChI=1S/C28H30N4O2/c1-2-31(20-22-7-9-23(10-8-22)27-6-4-3-5-24(27)19-29)21-28(33)30-25-11-13-26(14-12-25)32-15-17-34-18-16-32/h3-14H,2,15-18,20-21H2,1H3,(H,30,33). The number of nitriles is 1. The van der Waals surface area contributed by atoms with E-state index in [9.17, 15) is 10.1 Å². The van der Waals surface area contributed by atoms with E-state index in [1.807, 2.05) is 60.7 Å². The molecular weight excluding hydrogens is 424 g/mol. The molecule has 4 rings (SSSR count). The Bertz CT molecular complexity index is 1130. The quantitative estimate of drug-likeness (QED) is 0.542. The lowest BCUT2D eigenvalue weighted by atomic mass is 9.99. The van der Waals surface area contributed by atoms with Gasteiger partial charge in [-0.2, -0.15) is 5.26 Å². The van der Waals surface area contributed by atoms with Gasteiger partial charge in [-0.05, 0) is 53.6 Å². The minimum atomic E-state index is -0.0273. The number of nitrogens with one attached hydrogen (secondary N) is 1. The van der Waals surface area contributed by atoms with E-state index >= 15 is 0 Å². The van der Waals surface area contributed by atoms with Crippen LogP contribution < -0.4 is 10.2 Å². The first-order valence-electron chi connectivity index (χ1n) is 11.7. The fourth-order valence-corrected chi connectivity index (χ4v) is 4.14. The van der Waals surface area contributed by atoms with Crippen molar-refractivity contribution in [3.63, 3.8) is 0 Å². The third-order valence-electron chi connectivity index (χ3n) is 6.06. The second kappa shape index (κ2) is 11.5. The largest absolute Gasteiger partial charge is 0.378 e. The van der Waals surface area contributed by atoms with E-state index in [-0.39, 0.29) is 5.91 Å². The molecule has 1 saturated heterocycles. The molecule has 1 fully saturated rings. The molecule has 0 unspecified atom stereocenters. The van der Waals surface area contributed by atoms with Crippen LogP contribution in [0, 0.1) is 11.3 Å². The molecule has 0 atom stereocenters. The first-order valence-corrected chi connectivity index (χ1v) is 11.7. The van der Waals surface area contributed by atoms with Crippen LogP contribution in [0.4, 0.5) is 11.4 Å². The third-order valence-corrected chi connectivity index (χ3v) is 6.06. The zero-order valence-electron chi connectivity index (χ0n) is 19.5. The van der Waals surface area contributed by atoms with E-state index in [2.05, 4.69) is 40.2 Å². The minimum Gasteiger partial charge on any atom is -0.378 e. The van der Waals surface area contributed by atoms with Gasteiger partial charge in [0, 0.05) is 31.0 Å². The molecule has 0 saturated carbocycles. The summed E-state index contributed by atoms with van der Waals surface area (Å²) in [4.78, 5) is 17.1. The highest BCUT2D eigenvalue weighted by Crippen LogP contribution is 2.24. The van der Waals surface area contributed by atoms with Crippen LogP contribution in [0.15, 0.2) is 72.8 Å². The third kappa shape index (κ3) is 6.02. The van der Waals surface area contributed by atoms with E-state index in [0.717, 1.165) is 60.9 Å². The van der Waals surface area contributed by atoms with E-state index in [0.29, 0.717) is 18.7 Å². The van der Waals surface area contributed by atoms with Crippen molar-refractivity contribution in [2.24, 2.45) is 0 Å². The van der Waals surface area contributed by atoms with E-state index in [1.54, 1.807) is 0 Å².